The fraction of sp³-hybridized carbons (Fsp3) is 0.684. The lowest BCUT2D eigenvalue weighted by Gasteiger charge is -2.35. The standard InChI is InChI=1S/C19H28N3O10PS/c1-5-28-15(23)18(2,3)16(24)34-9-8-29-33(27)30-10-11-13(32-33)19(4,26)14(31-11)22-7-6-12(20)21-17(22)25/h6-7,11,13-14,26H,5,8-10H2,1-4H3,(H2,20,21,25)/t11-,13-,14-,19-,33?/m1/s1. The van der Waals surface area contributed by atoms with Crippen LogP contribution in [0.4, 0.5) is 5.82 Å². The van der Waals surface area contributed by atoms with Crippen molar-refractivity contribution < 1.29 is 42.3 Å². The average molecular weight is 521 g/mol. The molecule has 2 saturated heterocycles. The molecule has 15 heteroatoms. The summed E-state index contributed by atoms with van der Waals surface area (Å²) >= 11 is 0.818. The van der Waals surface area contributed by atoms with Gasteiger partial charge in [-0.2, -0.15) is 4.98 Å². The first-order chi connectivity index (χ1) is 15.8. The molecule has 3 heterocycles. The van der Waals surface area contributed by atoms with Crippen molar-refractivity contribution in [2.45, 2.75) is 51.7 Å². The van der Waals surface area contributed by atoms with E-state index < -0.39 is 54.0 Å². The topological polar surface area (TPSA) is 178 Å². The van der Waals surface area contributed by atoms with Gasteiger partial charge in [0.15, 0.2) is 6.23 Å². The van der Waals surface area contributed by atoms with E-state index in [9.17, 15) is 24.1 Å². The summed E-state index contributed by atoms with van der Waals surface area (Å²) in [5.74, 6) is -0.565. The lowest BCUT2D eigenvalue weighted by atomic mass is 9.96. The highest BCUT2D eigenvalue weighted by atomic mass is 32.2. The Kier molecular flexibility index (Phi) is 7.92. The lowest BCUT2D eigenvalue weighted by Crippen LogP contribution is -2.49. The van der Waals surface area contributed by atoms with Crippen LogP contribution in [0.1, 0.15) is 33.9 Å². The highest BCUT2D eigenvalue weighted by Crippen LogP contribution is 2.58. The van der Waals surface area contributed by atoms with Gasteiger partial charge in [0.1, 0.15) is 29.0 Å². The van der Waals surface area contributed by atoms with E-state index in [1.807, 2.05) is 0 Å². The number of nitrogen functional groups attached to an aromatic ring is 1. The van der Waals surface area contributed by atoms with Crippen LogP contribution >= 0.6 is 19.6 Å². The summed E-state index contributed by atoms with van der Waals surface area (Å²) in [6.07, 6.45) is -1.85. The molecule has 0 spiro atoms. The summed E-state index contributed by atoms with van der Waals surface area (Å²) in [5.41, 5.74) is 1.63. The third-order valence-corrected chi connectivity index (χ3v) is 7.92. The van der Waals surface area contributed by atoms with Crippen LogP contribution in [0, 0.1) is 5.41 Å². The number of aromatic nitrogens is 2. The Morgan fingerprint density at radius 3 is 2.82 bits per heavy atom. The number of thioether (sulfide) groups is 1. The number of anilines is 1. The van der Waals surface area contributed by atoms with Gasteiger partial charge in [-0.25, -0.2) is 9.36 Å². The van der Waals surface area contributed by atoms with Gasteiger partial charge in [0.05, 0.1) is 19.8 Å². The summed E-state index contributed by atoms with van der Waals surface area (Å²) in [4.78, 5) is 40.1. The zero-order valence-corrected chi connectivity index (χ0v) is 20.9. The van der Waals surface area contributed by atoms with Crippen molar-refractivity contribution in [2.24, 2.45) is 5.41 Å². The second-order valence-electron chi connectivity index (χ2n) is 8.38. The predicted molar refractivity (Wildman–Crippen MR) is 120 cm³/mol. The maximum Gasteiger partial charge on any atom is 0.475 e. The van der Waals surface area contributed by atoms with Crippen LogP contribution < -0.4 is 11.4 Å². The molecule has 0 saturated carbocycles. The average Bonchev–Trinajstić information content (AvgIpc) is 3.01. The molecule has 3 N–H and O–H groups in total. The number of phosphoric ester groups is 1. The summed E-state index contributed by atoms with van der Waals surface area (Å²) in [6, 6.07) is 1.37. The van der Waals surface area contributed by atoms with E-state index in [2.05, 4.69) is 4.98 Å². The Bertz CT molecular complexity index is 1050. The van der Waals surface area contributed by atoms with Gasteiger partial charge < -0.3 is 20.3 Å². The molecule has 34 heavy (non-hydrogen) atoms. The fourth-order valence-electron chi connectivity index (χ4n) is 3.40. The number of rotatable bonds is 8. The number of nitrogens with zero attached hydrogens (tertiary/aromatic N) is 2. The van der Waals surface area contributed by atoms with Crippen molar-refractivity contribution in [3.63, 3.8) is 0 Å². The molecule has 2 fully saturated rings. The zero-order valence-electron chi connectivity index (χ0n) is 19.2. The Balaban J connectivity index is 1.59. The van der Waals surface area contributed by atoms with Crippen LogP contribution in [0.5, 0.6) is 0 Å². The van der Waals surface area contributed by atoms with Crippen LogP contribution in [-0.2, 0) is 37.2 Å². The minimum atomic E-state index is -4.11. The van der Waals surface area contributed by atoms with Crippen molar-refractivity contribution in [3.8, 4) is 0 Å². The van der Waals surface area contributed by atoms with E-state index in [0.29, 0.717) is 0 Å². The molecule has 0 radical (unpaired) electrons. The normalized spacial score (nSPS) is 31.1. The molecular formula is C19H28N3O10PS. The van der Waals surface area contributed by atoms with Crippen LogP contribution in [0.15, 0.2) is 17.1 Å². The Labute approximate surface area is 199 Å². The molecule has 0 aliphatic carbocycles. The Hall–Kier alpha value is -1.80. The first kappa shape index (κ1) is 26.8. The highest BCUT2D eigenvalue weighted by molar-refractivity contribution is 8.13. The smallest absolute Gasteiger partial charge is 0.465 e. The maximum absolute atomic E-state index is 13.0. The van der Waals surface area contributed by atoms with E-state index in [4.69, 9.17) is 28.8 Å². The van der Waals surface area contributed by atoms with E-state index in [1.54, 1.807) is 6.92 Å². The zero-order chi connectivity index (χ0) is 25.3. The minimum Gasteiger partial charge on any atom is -0.465 e. The van der Waals surface area contributed by atoms with Crippen molar-refractivity contribution in [2.75, 3.05) is 31.3 Å². The van der Waals surface area contributed by atoms with Gasteiger partial charge in [0.25, 0.3) is 0 Å². The first-order valence-electron chi connectivity index (χ1n) is 10.5. The van der Waals surface area contributed by atoms with Crippen LogP contribution in [-0.4, -0.2) is 69.1 Å². The molecule has 13 nitrogen and oxygen atoms in total. The summed E-state index contributed by atoms with van der Waals surface area (Å²) in [5, 5.41) is 10.6. The van der Waals surface area contributed by atoms with E-state index in [1.165, 1.54) is 33.0 Å². The van der Waals surface area contributed by atoms with Crippen molar-refractivity contribution >= 4 is 36.5 Å². The quantitative estimate of drug-likeness (QED) is 0.213. The van der Waals surface area contributed by atoms with Crippen molar-refractivity contribution in [1.29, 1.82) is 0 Å². The van der Waals surface area contributed by atoms with Crippen molar-refractivity contribution in [3.05, 3.63) is 22.7 Å². The maximum atomic E-state index is 13.0. The SMILES string of the molecule is CCOC(=O)C(C)(C)C(=O)SCCOP1(=O)OC[C@H]2O[C@@H](n3ccc(N)nc3=O)[C@](C)(O)[C@@H]2O1. The molecule has 2 aliphatic rings. The molecule has 190 valence electrons. The molecule has 0 bridgehead atoms. The van der Waals surface area contributed by atoms with Gasteiger partial charge in [-0.3, -0.25) is 27.7 Å². The Morgan fingerprint density at radius 2 is 2.18 bits per heavy atom. The number of fused-ring (bicyclic) bond motifs is 1. The van der Waals surface area contributed by atoms with Gasteiger partial charge in [0, 0.05) is 11.9 Å². The van der Waals surface area contributed by atoms with E-state index >= 15 is 0 Å². The Morgan fingerprint density at radius 1 is 1.47 bits per heavy atom. The molecule has 0 aromatic carbocycles. The van der Waals surface area contributed by atoms with E-state index in [0.717, 1.165) is 16.3 Å². The molecule has 3 rings (SSSR count). The lowest BCUT2D eigenvalue weighted by molar-refractivity contribution is -0.155. The largest absolute Gasteiger partial charge is 0.475 e. The predicted octanol–water partition coefficient (Wildman–Crippen LogP) is 0.863. The number of hydrogen-bond acceptors (Lipinski definition) is 13. The van der Waals surface area contributed by atoms with Crippen LogP contribution in [0.3, 0.4) is 0 Å². The molecule has 5 atom stereocenters. The first-order valence-corrected chi connectivity index (χ1v) is 12.9. The monoisotopic (exact) mass is 521 g/mol. The number of aliphatic hydroxyl groups is 1. The number of nitrogens with two attached hydrogens (primary N) is 1. The van der Waals surface area contributed by atoms with Gasteiger partial charge in [-0.05, 0) is 33.8 Å². The van der Waals surface area contributed by atoms with Gasteiger partial charge in [-0.15, -0.1) is 0 Å². The summed E-state index contributed by atoms with van der Waals surface area (Å²) in [6.45, 7) is 5.65. The van der Waals surface area contributed by atoms with Gasteiger partial charge in [-0.1, -0.05) is 11.8 Å². The molecule has 2 aliphatic heterocycles. The van der Waals surface area contributed by atoms with Crippen LogP contribution in [0.2, 0.25) is 0 Å². The summed E-state index contributed by atoms with van der Waals surface area (Å²) in [7, 11) is -4.11. The third kappa shape index (κ3) is 5.38. The number of ether oxygens (including phenoxy) is 2. The molecule has 1 unspecified atom stereocenters. The fourth-order valence-corrected chi connectivity index (χ4v) is 5.79. The molecule has 0 amide bonds. The second-order valence-corrected chi connectivity index (χ2v) is 11.1. The third-order valence-electron chi connectivity index (χ3n) is 5.32. The number of carbonyl (C=O) groups excluding carboxylic acids is 2. The number of esters is 1. The van der Waals surface area contributed by atoms with E-state index in [-0.39, 0.29) is 31.4 Å². The molecule has 1 aromatic rings. The highest BCUT2D eigenvalue weighted by Gasteiger charge is 2.60. The molecule has 1 aromatic heterocycles. The summed E-state index contributed by atoms with van der Waals surface area (Å²) < 4.78 is 40.6. The van der Waals surface area contributed by atoms with Gasteiger partial charge >= 0.3 is 19.5 Å². The van der Waals surface area contributed by atoms with Crippen molar-refractivity contribution in [1.82, 2.24) is 9.55 Å². The number of carbonyl (C=O) groups is 2. The van der Waals surface area contributed by atoms with Gasteiger partial charge in [0.2, 0.25) is 5.12 Å². The number of phosphoric acid groups is 1. The molecular weight excluding hydrogens is 493 g/mol. The minimum absolute atomic E-state index is 0.00999. The number of hydrogen-bond donors (Lipinski definition) is 2. The van der Waals surface area contributed by atoms with Crippen LogP contribution in [0.25, 0.3) is 0 Å². The second kappa shape index (κ2) is 10.1.